The van der Waals surface area contributed by atoms with E-state index in [4.69, 9.17) is 0 Å². The lowest BCUT2D eigenvalue weighted by Gasteiger charge is -2.34. The molecule has 4 nitrogen and oxygen atoms in total. The van der Waals surface area contributed by atoms with Crippen LogP contribution in [0.2, 0.25) is 0 Å². The Bertz CT molecular complexity index is 467. The zero-order chi connectivity index (χ0) is 14.4. The number of rotatable bonds is 5. The molecule has 0 saturated heterocycles. The highest BCUT2D eigenvalue weighted by atomic mass is 19.1. The molecule has 0 radical (unpaired) electrons. The quantitative estimate of drug-likeness (QED) is 0.721. The molecule has 0 spiro atoms. The summed E-state index contributed by atoms with van der Waals surface area (Å²) >= 11 is 0. The third-order valence-corrected chi connectivity index (χ3v) is 3.69. The smallest absolute Gasteiger partial charge is 0.314 e. The molecule has 110 valence electrons. The lowest BCUT2D eigenvalue weighted by molar-refractivity contribution is 0.0217. The van der Waals surface area contributed by atoms with E-state index in [2.05, 4.69) is 10.6 Å². The van der Waals surface area contributed by atoms with E-state index in [9.17, 15) is 14.3 Å². The average Bonchev–Trinajstić information content (AvgIpc) is 2.46. The zero-order valence-electron chi connectivity index (χ0n) is 11.5. The maximum Gasteiger partial charge on any atom is 0.314 e. The lowest BCUT2D eigenvalue weighted by Crippen LogP contribution is -2.46. The van der Waals surface area contributed by atoms with Crippen molar-refractivity contribution in [3.8, 4) is 0 Å². The van der Waals surface area contributed by atoms with Crippen molar-refractivity contribution in [2.24, 2.45) is 0 Å². The van der Waals surface area contributed by atoms with Gasteiger partial charge >= 0.3 is 6.03 Å². The third-order valence-electron chi connectivity index (χ3n) is 3.69. The van der Waals surface area contributed by atoms with Crippen molar-refractivity contribution >= 4 is 6.03 Å². The highest BCUT2D eigenvalue weighted by Crippen LogP contribution is 2.34. The van der Waals surface area contributed by atoms with E-state index < -0.39 is 12.3 Å². The number of aryl methyl sites for hydroxylation is 1. The van der Waals surface area contributed by atoms with Crippen LogP contribution in [0.15, 0.2) is 24.3 Å². The molecule has 0 aromatic heterocycles. The van der Waals surface area contributed by atoms with Crippen LogP contribution in [0, 0.1) is 0 Å². The number of carbonyl (C=O) groups excluding carboxylic acids is 1. The van der Waals surface area contributed by atoms with Crippen LogP contribution in [0.5, 0.6) is 0 Å². The molecule has 0 saturated carbocycles. The molecule has 1 atom stereocenters. The van der Waals surface area contributed by atoms with E-state index in [0.29, 0.717) is 19.4 Å². The number of aliphatic hydroxyl groups is 1. The van der Waals surface area contributed by atoms with Gasteiger partial charge in [-0.3, -0.25) is 4.39 Å². The summed E-state index contributed by atoms with van der Waals surface area (Å²) in [4.78, 5) is 11.6. The van der Waals surface area contributed by atoms with E-state index >= 15 is 0 Å². The Labute approximate surface area is 118 Å². The van der Waals surface area contributed by atoms with E-state index in [-0.39, 0.29) is 12.6 Å². The maximum atomic E-state index is 11.9. The highest BCUT2D eigenvalue weighted by Gasteiger charge is 2.34. The second-order valence-electron chi connectivity index (χ2n) is 5.19. The van der Waals surface area contributed by atoms with E-state index in [1.807, 2.05) is 24.3 Å². The van der Waals surface area contributed by atoms with Crippen molar-refractivity contribution in [1.82, 2.24) is 10.6 Å². The molecule has 0 fully saturated rings. The number of carbonyl (C=O) groups is 1. The molecule has 20 heavy (non-hydrogen) atoms. The first kappa shape index (κ1) is 14.8. The number of halogens is 1. The number of urea groups is 1. The summed E-state index contributed by atoms with van der Waals surface area (Å²) in [6, 6.07) is 7.42. The third kappa shape index (κ3) is 3.48. The van der Waals surface area contributed by atoms with Crippen LogP contribution < -0.4 is 10.6 Å². The van der Waals surface area contributed by atoms with Gasteiger partial charge in [-0.2, -0.15) is 0 Å². The molecule has 1 aliphatic rings. The molecule has 3 N–H and O–H groups in total. The zero-order valence-corrected chi connectivity index (χ0v) is 11.5. The molecular formula is C15H21FN2O2. The summed E-state index contributed by atoms with van der Waals surface area (Å²) in [6.45, 7) is 0.0282. The first-order valence-corrected chi connectivity index (χ1v) is 7.04. The topological polar surface area (TPSA) is 61.4 Å². The van der Waals surface area contributed by atoms with Crippen LogP contribution in [0.3, 0.4) is 0 Å². The predicted molar refractivity (Wildman–Crippen MR) is 75.3 cm³/mol. The van der Waals surface area contributed by atoms with Crippen molar-refractivity contribution in [2.45, 2.75) is 31.3 Å². The minimum Gasteiger partial charge on any atom is -0.383 e. The summed E-state index contributed by atoms with van der Waals surface area (Å²) in [7, 11) is 0. The SMILES string of the molecule is O=C(NCCCF)NCC1(O)CCCc2ccccc21. The fourth-order valence-electron chi connectivity index (χ4n) is 2.64. The molecule has 5 heteroatoms. The summed E-state index contributed by atoms with van der Waals surface area (Å²) in [5.74, 6) is 0. The van der Waals surface area contributed by atoms with Crippen LogP contribution in [-0.2, 0) is 12.0 Å². The lowest BCUT2D eigenvalue weighted by atomic mass is 9.79. The number of hydrogen-bond donors (Lipinski definition) is 3. The van der Waals surface area contributed by atoms with Crippen molar-refractivity contribution in [3.63, 3.8) is 0 Å². The highest BCUT2D eigenvalue weighted by molar-refractivity contribution is 5.73. The largest absolute Gasteiger partial charge is 0.383 e. The van der Waals surface area contributed by atoms with Gasteiger partial charge in [0.1, 0.15) is 5.60 Å². The minimum atomic E-state index is -1.01. The normalized spacial score (nSPS) is 21.1. The number of benzene rings is 1. The first-order valence-electron chi connectivity index (χ1n) is 7.04. The summed E-state index contributed by atoms with van der Waals surface area (Å²) in [5.41, 5.74) is 1.03. The minimum absolute atomic E-state index is 0.172. The Morgan fingerprint density at radius 2 is 2.15 bits per heavy atom. The van der Waals surface area contributed by atoms with Gasteiger partial charge in [-0.25, -0.2) is 4.79 Å². The summed E-state index contributed by atoms with van der Waals surface area (Å²) in [5, 5.41) is 16.0. The van der Waals surface area contributed by atoms with Crippen LogP contribution >= 0.6 is 0 Å². The van der Waals surface area contributed by atoms with Gasteiger partial charge < -0.3 is 15.7 Å². The van der Waals surface area contributed by atoms with Gasteiger partial charge in [-0.1, -0.05) is 24.3 Å². The van der Waals surface area contributed by atoms with Crippen LogP contribution in [-0.4, -0.2) is 30.9 Å². The van der Waals surface area contributed by atoms with Crippen molar-refractivity contribution < 1.29 is 14.3 Å². The average molecular weight is 280 g/mol. The summed E-state index contributed by atoms with van der Waals surface area (Å²) < 4.78 is 11.9. The van der Waals surface area contributed by atoms with E-state index in [1.165, 1.54) is 0 Å². The second kappa shape index (κ2) is 6.70. The van der Waals surface area contributed by atoms with Gasteiger partial charge in [-0.15, -0.1) is 0 Å². The van der Waals surface area contributed by atoms with Gasteiger partial charge in [0.25, 0.3) is 0 Å². The van der Waals surface area contributed by atoms with Crippen LogP contribution in [0.1, 0.15) is 30.4 Å². The van der Waals surface area contributed by atoms with E-state index in [0.717, 1.165) is 24.0 Å². The maximum absolute atomic E-state index is 11.9. The van der Waals surface area contributed by atoms with Crippen LogP contribution in [0.25, 0.3) is 0 Å². The Morgan fingerprint density at radius 3 is 2.95 bits per heavy atom. The molecule has 2 rings (SSSR count). The molecule has 0 heterocycles. The van der Waals surface area contributed by atoms with E-state index in [1.54, 1.807) is 0 Å². The number of nitrogens with one attached hydrogen (secondary N) is 2. The number of hydrogen-bond acceptors (Lipinski definition) is 2. The Morgan fingerprint density at radius 1 is 1.35 bits per heavy atom. The van der Waals surface area contributed by atoms with Crippen molar-refractivity contribution in [2.75, 3.05) is 19.8 Å². The number of fused-ring (bicyclic) bond motifs is 1. The first-order chi connectivity index (χ1) is 9.65. The van der Waals surface area contributed by atoms with Gasteiger partial charge in [0, 0.05) is 6.54 Å². The van der Waals surface area contributed by atoms with Crippen molar-refractivity contribution in [3.05, 3.63) is 35.4 Å². The fourth-order valence-corrected chi connectivity index (χ4v) is 2.64. The predicted octanol–water partition coefficient (Wildman–Crippen LogP) is 1.87. The molecule has 2 amide bonds. The monoisotopic (exact) mass is 280 g/mol. The van der Waals surface area contributed by atoms with Gasteiger partial charge in [0.2, 0.25) is 0 Å². The molecule has 1 aromatic rings. The molecule has 0 bridgehead atoms. The fraction of sp³-hybridized carbons (Fsp3) is 0.533. The molecular weight excluding hydrogens is 259 g/mol. The van der Waals surface area contributed by atoms with Gasteiger partial charge in [0.05, 0.1) is 13.2 Å². The van der Waals surface area contributed by atoms with Crippen molar-refractivity contribution in [1.29, 1.82) is 0 Å². The molecule has 1 aliphatic carbocycles. The Balaban J connectivity index is 1.94. The van der Waals surface area contributed by atoms with Gasteiger partial charge in [-0.05, 0) is 36.8 Å². The molecule has 1 unspecified atom stereocenters. The van der Waals surface area contributed by atoms with Gasteiger partial charge in [0.15, 0.2) is 0 Å². The number of alkyl halides is 1. The number of amides is 2. The Hall–Kier alpha value is -1.62. The van der Waals surface area contributed by atoms with Crippen LogP contribution in [0.4, 0.5) is 9.18 Å². The standard InChI is InChI=1S/C15H21FN2O2/c16-9-4-10-17-14(19)18-11-15(20)8-3-6-12-5-1-2-7-13(12)15/h1-2,5,7,20H,3-4,6,8-11H2,(H2,17,18,19). The summed E-state index contributed by atoms with van der Waals surface area (Å²) in [6.07, 6.45) is 2.80. The molecule has 1 aromatic carbocycles. The second-order valence-corrected chi connectivity index (χ2v) is 5.19. The molecule has 0 aliphatic heterocycles. The Kier molecular flexibility index (Phi) is 4.95.